The van der Waals surface area contributed by atoms with Gasteiger partial charge >= 0.3 is 0 Å². The first-order valence-corrected chi connectivity index (χ1v) is 14.2. The van der Waals surface area contributed by atoms with E-state index in [1.165, 1.54) is 53.9 Å². The number of fused-ring (bicyclic) bond motifs is 2. The van der Waals surface area contributed by atoms with Crippen molar-refractivity contribution in [3.8, 4) is 23.7 Å². The number of hydrogen-bond donors (Lipinski definition) is 0. The predicted molar refractivity (Wildman–Crippen MR) is 162 cm³/mol. The Kier molecular flexibility index (Phi) is 8.32. The Balaban J connectivity index is 0.000000709. The van der Waals surface area contributed by atoms with Crippen molar-refractivity contribution < 1.29 is 0 Å². The molecular formula is C34H32S2. The van der Waals surface area contributed by atoms with Gasteiger partial charge < -0.3 is 0 Å². The third kappa shape index (κ3) is 5.91. The molecule has 36 heavy (non-hydrogen) atoms. The van der Waals surface area contributed by atoms with Crippen LogP contribution < -0.4 is 0 Å². The monoisotopic (exact) mass is 504 g/mol. The second-order valence-electron chi connectivity index (χ2n) is 9.18. The minimum Gasteiger partial charge on any atom is -0.139 e. The van der Waals surface area contributed by atoms with Crippen molar-refractivity contribution in [3.63, 3.8) is 0 Å². The molecule has 0 N–H and O–H groups in total. The Labute approximate surface area is 224 Å². The van der Waals surface area contributed by atoms with Gasteiger partial charge in [-0.3, -0.25) is 0 Å². The highest BCUT2D eigenvalue weighted by atomic mass is 32.1. The highest BCUT2D eigenvalue weighted by Gasteiger charge is 2.16. The number of unbranched alkanes of at least 4 members (excludes halogenated alkanes) is 1. The summed E-state index contributed by atoms with van der Waals surface area (Å²) >= 11 is 3.63. The van der Waals surface area contributed by atoms with Crippen LogP contribution in [0.5, 0.6) is 0 Å². The molecule has 0 nitrogen and oxygen atoms in total. The van der Waals surface area contributed by atoms with E-state index in [9.17, 15) is 0 Å². The topological polar surface area (TPSA) is 0 Å². The van der Waals surface area contributed by atoms with Gasteiger partial charge in [0.25, 0.3) is 0 Å². The molecule has 5 rings (SSSR count). The van der Waals surface area contributed by atoms with Crippen molar-refractivity contribution in [2.45, 2.75) is 54.4 Å². The molecule has 2 heterocycles. The molecule has 180 valence electrons. The van der Waals surface area contributed by atoms with E-state index in [2.05, 4.69) is 126 Å². The lowest BCUT2D eigenvalue weighted by Crippen LogP contribution is -1.85. The summed E-state index contributed by atoms with van der Waals surface area (Å²) in [5.74, 6) is 13.8. The predicted octanol–water partition coefficient (Wildman–Crippen LogP) is 9.96. The van der Waals surface area contributed by atoms with Crippen LogP contribution in [0.2, 0.25) is 0 Å². The first kappa shape index (κ1) is 25.8. The van der Waals surface area contributed by atoms with Crippen molar-refractivity contribution in [1.82, 2.24) is 0 Å². The first-order chi connectivity index (χ1) is 17.4. The first-order valence-electron chi connectivity index (χ1n) is 12.5. The zero-order valence-corrected chi connectivity index (χ0v) is 23.6. The number of aryl methyl sites for hydroxylation is 4. The van der Waals surface area contributed by atoms with Crippen LogP contribution in [0.15, 0.2) is 60.7 Å². The van der Waals surface area contributed by atoms with Gasteiger partial charge in [-0.25, -0.2) is 0 Å². The second kappa shape index (κ2) is 11.6. The standard InChI is InChI=1S/C30H22S2.C4H10/c1-19-5-9-23(10-6-19)13-15-25-27-17-21(3)32-30(27)26(28-18-22(4)31-29(25)28)16-14-24-11-7-20(2)8-12-24;1-3-4-2/h5-12,17-18H,1-4H3;3-4H2,1-2H3. The lowest BCUT2D eigenvalue weighted by atomic mass is 10.0. The maximum absolute atomic E-state index is 3.52. The van der Waals surface area contributed by atoms with E-state index >= 15 is 0 Å². The summed E-state index contributed by atoms with van der Waals surface area (Å²) in [5, 5.41) is 2.43. The average Bonchev–Trinajstić information content (AvgIpc) is 3.45. The molecule has 0 saturated heterocycles. The average molecular weight is 505 g/mol. The zero-order valence-electron chi connectivity index (χ0n) is 22.0. The summed E-state index contributed by atoms with van der Waals surface area (Å²) in [6.07, 6.45) is 2.64. The van der Waals surface area contributed by atoms with E-state index < -0.39 is 0 Å². The van der Waals surface area contributed by atoms with Crippen LogP contribution in [-0.2, 0) is 0 Å². The van der Waals surface area contributed by atoms with Gasteiger partial charge in [-0.1, -0.05) is 85.8 Å². The lowest BCUT2D eigenvalue weighted by molar-refractivity contribution is 0.886. The highest BCUT2D eigenvalue weighted by molar-refractivity contribution is 7.21. The van der Waals surface area contributed by atoms with Crippen LogP contribution in [0.3, 0.4) is 0 Å². The molecule has 0 fully saturated rings. The van der Waals surface area contributed by atoms with Gasteiger partial charge in [-0.05, 0) is 64.1 Å². The van der Waals surface area contributed by atoms with Crippen LogP contribution in [-0.4, -0.2) is 0 Å². The molecule has 3 aromatic carbocycles. The number of thiophene rings is 2. The van der Waals surface area contributed by atoms with Crippen molar-refractivity contribution >= 4 is 42.8 Å². The largest absolute Gasteiger partial charge is 0.139 e. The molecule has 0 spiro atoms. The molecule has 0 aliphatic heterocycles. The minimum atomic E-state index is 1.04. The Bertz CT molecular complexity index is 1440. The maximum Gasteiger partial charge on any atom is 0.0521 e. The molecule has 2 aromatic heterocycles. The van der Waals surface area contributed by atoms with Gasteiger partial charge in [0.2, 0.25) is 0 Å². The maximum atomic E-state index is 3.52. The van der Waals surface area contributed by atoms with Gasteiger partial charge in [-0.15, -0.1) is 22.7 Å². The highest BCUT2D eigenvalue weighted by Crippen LogP contribution is 2.40. The number of rotatable bonds is 1. The molecule has 5 aromatic rings. The fourth-order valence-corrected chi connectivity index (χ4v) is 5.87. The molecule has 2 heteroatoms. The van der Waals surface area contributed by atoms with Crippen LogP contribution in [0.1, 0.15) is 69.8 Å². The summed E-state index contributed by atoms with van der Waals surface area (Å²) in [4.78, 5) is 2.57. The van der Waals surface area contributed by atoms with Gasteiger partial charge in [0, 0.05) is 31.7 Å². The summed E-state index contributed by atoms with van der Waals surface area (Å²) in [6, 6.07) is 21.4. The summed E-state index contributed by atoms with van der Waals surface area (Å²) in [6.45, 7) is 12.9. The zero-order chi connectivity index (χ0) is 25.7. The number of benzene rings is 3. The quantitative estimate of drug-likeness (QED) is 0.199. The van der Waals surface area contributed by atoms with Crippen LogP contribution >= 0.6 is 22.7 Å². The van der Waals surface area contributed by atoms with Gasteiger partial charge in [0.05, 0.1) is 20.5 Å². The third-order valence-corrected chi connectivity index (χ3v) is 8.11. The van der Waals surface area contributed by atoms with E-state index in [-0.39, 0.29) is 0 Å². The molecular weight excluding hydrogens is 473 g/mol. The van der Waals surface area contributed by atoms with Gasteiger partial charge in [-0.2, -0.15) is 0 Å². The Morgan fingerprint density at radius 1 is 0.528 bits per heavy atom. The van der Waals surface area contributed by atoms with E-state index in [4.69, 9.17) is 0 Å². The molecule has 0 unspecified atom stereocenters. The Morgan fingerprint density at radius 2 is 0.889 bits per heavy atom. The molecule has 0 aliphatic carbocycles. The van der Waals surface area contributed by atoms with Crippen LogP contribution in [0, 0.1) is 51.4 Å². The van der Waals surface area contributed by atoms with Gasteiger partial charge in [0.15, 0.2) is 0 Å². The van der Waals surface area contributed by atoms with Gasteiger partial charge in [0.1, 0.15) is 0 Å². The normalized spacial score (nSPS) is 10.3. The Hall–Kier alpha value is -3.30. The minimum absolute atomic E-state index is 1.04. The van der Waals surface area contributed by atoms with E-state index in [0.717, 1.165) is 22.3 Å². The van der Waals surface area contributed by atoms with Crippen molar-refractivity contribution in [1.29, 1.82) is 0 Å². The lowest BCUT2D eigenvalue weighted by Gasteiger charge is -2.03. The molecule has 0 saturated carbocycles. The van der Waals surface area contributed by atoms with E-state index in [0.29, 0.717) is 0 Å². The fourth-order valence-electron chi connectivity index (χ4n) is 3.81. The van der Waals surface area contributed by atoms with Crippen molar-refractivity contribution in [2.24, 2.45) is 0 Å². The summed E-state index contributed by atoms with van der Waals surface area (Å²) in [7, 11) is 0. The second-order valence-corrected chi connectivity index (χ2v) is 11.7. The molecule has 0 bridgehead atoms. The van der Waals surface area contributed by atoms with E-state index in [1.54, 1.807) is 0 Å². The summed E-state index contributed by atoms with van der Waals surface area (Å²) < 4.78 is 2.47. The van der Waals surface area contributed by atoms with Crippen molar-refractivity contribution in [2.75, 3.05) is 0 Å². The Morgan fingerprint density at radius 3 is 1.22 bits per heavy atom. The SMILES string of the molecule is CCCC.Cc1ccc(C#Cc2c3cc(C)sc3c(C#Cc3ccc(C)cc3)c3cc(C)sc23)cc1. The molecule has 0 aliphatic rings. The molecule has 0 amide bonds. The summed E-state index contributed by atoms with van der Waals surface area (Å²) in [5.41, 5.74) is 6.83. The van der Waals surface area contributed by atoms with Crippen LogP contribution in [0.25, 0.3) is 20.2 Å². The smallest absolute Gasteiger partial charge is 0.0521 e. The fraction of sp³-hybridized carbons (Fsp3) is 0.235. The molecule has 0 atom stereocenters. The number of hydrogen-bond acceptors (Lipinski definition) is 2. The molecule has 0 radical (unpaired) electrons. The third-order valence-electron chi connectivity index (χ3n) is 5.97. The van der Waals surface area contributed by atoms with Crippen molar-refractivity contribution in [3.05, 3.63) is 104 Å². The van der Waals surface area contributed by atoms with E-state index in [1.807, 2.05) is 22.7 Å². The van der Waals surface area contributed by atoms with Crippen LogP contribution in [0.4, 0.5) is 0 Å².